The van der Waals surface area contributed by atoms with Gasteiger partial charge in [0.15, 0.2) is 0 Å². The highest BCUT2D eigenvalue weighted by Gasteiger charge is 2.10. The lowest BCUT2D eigenvalue weighted by molar-refractivity contribution is 0.294. The molecule has 1 aromatic rings. The SMILES string of the molecule is Brc1ccc(CN2CCSCC2)cn1. The smallest absolute Gasteiger partial charge is 0.106 e. The molecule has 2 rings (SSSR count). The highest BCUT2D eigenvalue weighted by molar-refractivity contribution is 9.10. The Morgan fingerprint density at radius 3 is 2.79 bits per heavy atom. The van der Waals surface area contributed by atoms with Gasteiger partial charge in [0, 0.05) is 37.3 Å². The van der Waals surface area contributed by atoms with Gasteiger partial charge < -0.3 is 0 Å². The van der Waals surface area contributed by atoms with E-state index in [1.165, 1.54) is 30.2 Å². The lowest BCUT2D eigenvalue weighted by Crippen LogP contribution is -2.31. The zero-order valence-electron chi connectivity index (χ0n) is 7.95. The van der Waals surface area contributed by atoms with Crippen LogP contribution < -0.4 is 0 Å². The second-order valence-electron chi connectivity index (χ2n) is 3.38. The van der Waals surface area contributed by atoms with Crippen LogP contribution >= 0.6 is 27.7 Å². The van der Waals surface area contributed by atoms with Crippen molar-refractivity contribution in [2.75, 3.05) is 24.6 Å². The van der Waals surface area contributed by atoms with Gasteiger partial charge in [0.1, 0.15) is 4.60 Å². The fraction of sp³-hybridized carbons (Fsp3) is 0.500. The summed E-state index contributed by atoms with van der Waals surface area (Å²) in [4.78, 5) is 6.72. The van der Waals surface area contributed by atoms with Gasteiger partial charge in [-0.1, -0.05) is 6.07 Å². The van der Waals surface area contributed by atoms with Crippen LogP contribution in [-0.4, -0.2) is 34.5 Å². The largest absolute Gasteiger partial charge is 0.297 e. The van der Waals surface area contributed by atoms with E-state index in [-0.39, 0.29) is 0 Å². The van der Waals surface area contributed by atoms with Gasteiger partial charge in [-0.15, -0.1) is 0 Å². The molecule has 0 spiro atoms. The molecule has 1 aromatic heterocycles. The molecule has 1 fully saturated rings. The number of nitrogens with zero attached hydrogens (tertiary/aromatic N) is 2. The third-order valence-corrected chi connectivity index (χ3v) is 3.71. The van der Waals surface area contributed by atoms with Crippen LogP contribution in [0.15, 0.2) is 22.9 Å². The van der Waals surface area contributed by atoms with Crippen molar-refractivity contribution in [3.05, 3.63) is 28.5 Å². The molecule has 0 amide bonds. The van der Waals surface area contributed by atoms with E-state index < -0.39 is 0 Å². The van der Waals surface area contributed by atoms with Crippen molar-refractivity contribution in [3.8, 4) is 0 Å². The van der Waals surface area contributed by atoms with E-state index in [1.54, 1.807) is 0 Å². The summed E-state index contributed by atoms with van der Waals surface area (Å²) in [5.41, 5.74) is 1.31. The molecule has 0 atom stereocenters. The maximum absolute atomic E-state index is 4.23. The number of thioether (sulfide) groups is 1. The minimum Gasteiger partial charge on any atom is -0.297 e. The van der Waals surface area contributed by atoms with Gasteiger partial charge in [-0.05, 0) is 27.6 Å². The Morgan fingerprint density at radius 1 is 1.36 bits per heavy atom. The van der Waals surface area contributed by atoms with E-state index in [0.717, 1.165) is 11.1 Å². The Morgan fingerprint density at radius 2 is 2.14 bits per heavy atom. The predicted octanol–water partition coefficient (Wildman–Crippen LogP) is 2.39. The van der Waals surface area contributed by atoms with Crippen LogP contribution in [0.25, 0.3) is 0 Å². The summed E-state index contributed by atoms with van der Waals surface area (Å²) in [6.07, 6.45) is 1.95. The fourth-order valence-electron chi connectivity index (χ4n) is 1.52. The summed E-state index contributed by atoms with van der Waals surface area (Å²) in [5, 5.41) is 0. The summed E-state index contributed by atoms with van der Waals surface area (Å²) in [6.45, 7) is 3.46. The van der Waals surface area contributed by atoms with Crippen molar-refractivity contribution in [1.29, 1.82) is 0 Å². The molecule has 0 unspecified atom stereocenters. The summed E-state index contributed by atoms with van der Waals surface area (Å²) in [6, 6.07) is 4.15. The minimum atomic E-state index is 0.912. The van der Waals surface area contributed by atoms with Gasteiger partial charge in [-0.3, -0.25) is 4.90 Å². The Balaban J connectivity index is 1.92. The number of rotatable bonds is 2. The molecule has 0 bridgehead atoms. The second-order valence-corrected chi connectivity index (χ2v) is 5.41. The number of hydrogen-bond donors (Lipinski definition) is 0. The van der Waals surface area contributed by atoms with Crippen molar-refractivity contribution in [1.82, 2.24) is 9.88 Å². The first kappa shape index (κ1) is 10.5. The highest BCUT2D eigenvalue weighted by Crippen LogP contribution is 2.13. The third kappa shape index (κ3) is 2.97. The average Bonchev–Trinajstić information content (AvgIpc) is 2.23. The van der Waals surface area contributed by atoms with Gasteiger partial charge in [0.25, 0.3) is 0 Å². The number of hydrogen-bond acceptors (Lipinski definition) is 3. The summed E-state index contributed by atoms with van der Waals surface area (Å²) in [7, 11) is 0. The summed E-state index contributed by atoms with van der Waals surface area (Å²) < 4.78 is 0.912. The number of pyridine rings is 1. The molecule has 0 aromatic carbocycles. The van der Waals surface area contributed by atoms with E-state index in [0.29, 0.717) is 0 Å². The minimum absolute atomic E-state index is 0.912. The van der Waals surface area contributed by atoms with Crippen LogP contribution in [0, 0.1) is 0 Å². The zero-order valence-corrected chi connectivity index (χ0v) is 10.4. The van der Waals surface area contributed by atoms with E-state index >= 15 is 0 Å². The predicted molar refractivity (Wildman–Crippen MR) is 64.5 cm³/mol. The normalized spacial score (nSPS) is 18.4. The topological polar surface area (TPSA) is 16.1 Å². The van der Waals surface area contributed by atoms with Crippen molar-refractivity contribution < 1.29 is 0 Å². The van der Waals surface area contributed by atoms with Crippen LogP contribution in [0.4, 0.5) is 0 Å². The van der Waals surface area contributed by atoms with E-state index in [1.807, 2.05) is 24.0 Å². The van der Waals surface area contributed by atoms with Gasteiger partial charge in [0.2, 0.25) is 0 Å². The third-order valence-electron chi connectivity index (χ3n) is 2.30. The molecule has 2 nitrogen and oxygen atoms in total. The van der Waals surface area contributed by atoms with Gasteiger partial charge in [-0.2, -0.15) is 11.8 Å². The Labute approximate surface area is 97.2 Å². The summed E-state index contributed by atoms with van der Waals surface area (Å²) in [5.74, 6) is 2.54. The highest BCUT2D eigenvalue weighted by atomic mass is 79.9. The zero-order chi connectivity index (χ0) is 9.80. The van der Waals surface area contributed by atoms with Gasteiger partial charge in [-0.25, -0.2) is 4.98 Å². The first-order chi connectivity index (χ1) is 6.84. The van der Waals surface area contributed by atoms with Crippen molar-refractivity contribution >= 4 is 27.7 Å². The lowest BCUT2D eigenvalue weighted by Gasteiger charge is -2.25. The van der Waals surface area contributed by atoms with Crippen molar-refractivity contribution in [2.45, 2.75) is 6.54 Å². The molecular weight excluding hydrogens is 260 g/mol. The van der Waals surface area contributed by atoms with Crippen molar-refractivity contribution in [3.63, 3.8) is 0 Å². The molecule has 1 saturated heterocycles. The van der Waals surface area contributed by atoms with Gasteiger partial charge in [0.05, 0.1) is 0 Å². The molecule has 0 aliphatic carbocycles. The molecule has 0 N–H and O–H groups in total. The molecule has 4 heteroatoms. The van der Waals surface area contributed by atoms with Gasteiger partial charge >= 0.3 is 0 Å². The lowest BCUT2D eigenvalue weighted by atomic mass is 10.2. The maximum Gasteiger partial charge on any atom is 0.106 e. The molecule has 0 saturated carbocycles. The monoisotopic (exact) mass is 272 g/mol. The molecule has 1 aliphatic heterocycles. The fourth-order valence-corrected chi connectivity index (χ4v) is 2.73. The number of aromatic nitrogens is 1. The van der Waals surface area contributed by atoms with Crippen LogP contribution in [-0.2, 0) is 6.54 Å². The van der Waals surface area contributed by atoms with E-state index in [9.17, 15) is 0 Å². The van der Waals surface area contributed by atoms with E-state index in [2.05, 4.69) is 31.9 Å². The molecule has 2 heterocycles. The Kier molecular flexibility index (Phi) is 3.84. The average molecular weight is 273 g/mol. The molecule has 1 aliphatic rings. The second kappa shape index (κ2) is 5.14. The van der Waals surface area contributed by atoms with Crippen LogP contribution in [0.5, 0.6) is 0 Å². The molecule has 14 heavy (non-hydrogen) atoms. The molecule has 76 valence electrons. The summed E-state index contributed by atoms with van der Waals surface area (Å²) >= 11 is 5.39. The Bertz CT molecular complexity index is 283. The van der Waals surface area contributed by atoms with Crippen LogP contribution in [0.2, 0.25) is 0 Å². The molecule has 0 radical (unpaired) electrons. The Hall–Kier alpha value is -0.0600. The van der Waals surface area contributed by atoms with Crippen LogP contribution in [0.3, 0.4) is 0 Å². The van der Waals surface area contributed by atoms with Crippen LogP contribution in [0.1, 0.15) is 5.56 Å². The molecular formula is C10H13BrN2S. The maximum atomic E-state index is 4.23. The first-order valence-electron chi connectivity index (χ1n) is 4.75. The van der Waals surface area contributed by atoms with E-state index in [4.69, 9.17) is 0 Å². The quantitative estimate of drug-likeness (QED) is 0.770. The van der Waals surface area contributed by atoms with Crippen molar-refractivity contribution in [2.24, 2.45) is 0 Å². The number of halogens is 1. The standard InChI is InChI=1S/C10H13BrN2S/c11-10-2-1-9(7-12-10)8-13-3-5-14-6-4-13/h1-2,7H,3-6,8H2. The first-order valence-corrected chi connectivity index (χ1v) is 6.70.